The average molecular weight is 243 g/mol. The maximum absolute atomic E-state index is 5.72. The van der Waals surface area contributed by atoms with Gasteiger partial charge in [-0.3, -0.25) is 0 Å². The van der Waals surface area contributed by atoms with Crippen LogP contribution in [0.2, 0.25) is 0 Å². The lowest BCUT2D eigenvalue weighted by atomic mass is 10.1. The van der Waals surface area contributed by atoms with E-state index < -0.39 is 0 Å². The van der Waals surface area contributed by atoms with Crippen molar-refractivity contribution in [1.82, 2.24) is 4.57 Å². The van der Waals surface area contributed by atoms with Gasteiger partial charge in [-0.15, -0.1) is 0 Å². The molecule has 0 saturated heterocycles. The molecule has 96 valence electrons. The molecule has 0 atom stereocenters. The first kappa shape index (κ1) is 12.7. The lowest BCUT2D eigenvalue weighted by Crippen LogP contribution is -2.02. The summed E-state index contributed by atoms with van der Waals surface area (Å²) < 4.78 is 8.08. The van der Waals surface area contributed by atoms with Crippen LogP contribution in [0.1, 0.15) is 26.0 Å². The summed E-state index contributed by atoms with van der Waals surface area (Å²) in [6.07, 6.45) is 1.14. The zero-order valence-electron chi connectivity index (χ0n) is 11.4. The molecule has 2 heteroatoms. The van der Waals surface area contributed by atoms with Gasteiger partial charge in [-0.2, -0.15) is 0 Å². The largest absolute Gasteiger partial charge is 0.493 e. The molecular weight excluding hydrogens is 222 g/mol. The Hall–Kier alpha value is -1.70. The highest BCUT2D eigenvalue weighted by molar-refractivity contribution is 5.68. The summed E-state index contributed by atoms with van der Waals surface area (Å²) in [6.45, 7) is 8.13. The fourth-order valence-electron chi connectivity index (χ4n) is 2.28. The van der Waals surface area contributed by atoms with E-state index in [9.17, 15) is 0 Å². The highest BCUT2D eigenvalue weighted by Gasteiger charge is 2.11. The minimum absolute atomic E-state index is 0.699. The molecule has 1 aromatic heterocycles. The molecule has 2 rings (SSSR count). The molecule has 2 nitrogen and oxygen atoms in total. The molecule has 0 saturated carbocycles. The van der Waals surface area contributed by atoms with E-state index in [-0.39, 0.29) is 0 Å². The first-order chi connectivity index (χ1) is 8.77. The smallest absolute Gasteiger partial charge is 0.128 e. The van der Waals surface area contributed by atoms with Crippen LogP contribution in [0.25, 0.3) is 11.3 Å². The molecule has 0 spiro atoms. The molecule has 18 heavy (non-hydrogen) atoms. The number of rotatable bonds is 5. The Kier molecular flexibility index (Phi) is 4.08. The maximum atomic E-state index is 5.72. The van der Waals surface area contributed by atoms with Crippen molar-refractivity contribution in [3.05, 3.63) is 42.1 Å². The van der Waals surface area contributed by atoms with Crippen molar-refractivity contribution in [2.45, 2.75) is 33.7 Å². The fraction of sp³-hybridized carbons (Fsp3) is 0.375. The van der Waals surface area contributed by atoms with Crippen molar-refractivity contribution in [1.29, 1.82) is 0 Å². The van der Waals surface area contributed by atoms with Gasteiger partial charge in [0.2, 0.25) is 0 Å². The Labute approximate surface area is 109 Å². The molecule has 0 radical (unpaired) electrons. The average Bonchev–Trinajstić information content (AvgIpc) is 2.73. The van der Waals surface area contributed by atoms with Gasteiger partial charge in [-0.25, -0.2) is 0 Å². The second-order valence-corrected chi connectivity index (χ2v) is 4.44. The SMILES string of the molecule is CCCn1c(C)ccc1-c1ccccc1OCC. The van der Waals surface area contributed by atoms with Crippen LogP contribution in [0.4, 0.5) is 0 Å². The minimum atomic E-state index is 0.699. The van der Waals surface area contributed by atoms with Crippen molar-refractivity contribution in [2.75, 3.05) is 6.61 Å². The first-order valence-corrected chi connectivity index (χ1v) is 6.66. The van der Waals surface area contributed by atoms with Crippen LogP contribution in [-0.4, -0.2) is 11.2 Å². The predicted molar refractivity (Wildman–Crippen MR) is 76.1 cm³/mol. The summed E-state index contributed by atoms with van der Waals surface area (Å²) in [4.78, 5) is 0. The van der Waals surface area contributed by atoms with Gasteiger partial charge in [0.25, 0.3) is 0 Å². The van der Waals surface area contributed by atoms with Gasteiger partial charge in [-0.1, -0.05) is 19.1 Å². The number of benzene rings is 1. The summed E-state index contributed by atoms with van der Waals surface area (Å²) in [7, 11) is 0. The van der Waals surface area contributed by atoms with Gasteiger partial charge < -0.3 is 9.30 Å². The Balaban J connectivity index is 2.48. The second-order valence-electron chi connectivity index (χ2n) is 4.44. The molecular formula is C16H21NO. The van der Waals surface area contributed by atoms with Crippen molar-refractivity contribution in [3.8, 4) is 17.0 Å². The van der Waals surface area contributed by atoms with Gasteiger partial charge in [0.15, 0.2) is 0 Å². The zero-order chi connectivity index (χ0) is 13.0. The molecule has 0 unspecified atom stereocenters. The van der Waals surface area contributed by atoms with Crippen LogP contribution in [0.5, 0.6) is 5.75 Å². The molecule has 0 aliphatic carbocycles. The third-order valence-corrected chi connectivity index (χ3v) is 3.11. The quantitative estimate of drug-likeness (QED) is 0.764. The Morgan fingerprint density at radius 1 is 1.06 bits per heavy atom. The summed E-state index contributed by atoms with van der Waals surface area (Å²) in [5, 5.41) is 0. The highest BCUT2D eigenvalue weighted by Crippen LogP contribution is 2.31. The summed E-state index contributed by atoms with van der Waals surface area (Å²) >= 11 is 0. The standard InChI is InChI=1S/C16H21NO/c1-4-12-17-13(3)10-11-15(17)14-8-6-7-9-16(14)18-5-2/h6-11H,4-5,12H2,1-3H3. The number of ether oxygens (including phenoxy) is 1. The minimum Gasteiger partial charge on any atom is -0.493 e. The summed E-state index contributed by atoms with van der Waals surface area (Å²) in [5.41, 5.74) is 3.73. The molecule has 1 heterocycles. The second kappa shape index (κ2) is 5.76. The number of aryl methyl sites for hydroxylation is 1. The number of aromatic nitrogens is 1. The van der Waals surface area contributed by atoms with E-state index in [1.807, 2.05) is 19.1 Å². The van der Waals surface area contributed by atoms with Crippen LogP contribution in [0.15, 0.2) is 36.4 Å². The van der Waals surface area contributed by atoms with E-state index in [0.29, 0.717) is 6.61 Å². The number of para-hydroxylation sites is 1. The van der Waals surface area contributed by atoms with E-state index in [1.54, 1.807) is 0 Å². The maximum Gasteiger partial charge on any atom is 0.128 e. The van der Waals surface area contributed by atoms with Crippen LogP contribution in [0.3, 0.4) is 0 Å². The van der Waals surface area contributed by atoms with E-state index >= 15 is 0 Å². The number of nitrogens with zero attached hydrogens (tertiary/aromatic N) is 1. The third-order valence-electron chi connectivity index (χ3n) is 3.11. The molecule has 1 aromatic carbocycles. The van der Waals surface area contributed by atoms with Gasteiger partial charge in [0, 0.05) is 17.8 Å². The molecule has 2 aromatic rings. The van der Waals surface area contributed by atoms with Crippen molar-refractivity contribution >= 4 is 0 Å². The molecule has 0 amide bonds. The lowest BCUT2D eigenvalue weighted by Gasteiger charge is -2.14. The zero-order valence-corrected chi connectivity index (χ0v) is 11.4. The monoisotopic (exact) mass is 243 g/mol. The highest BCUT2D eigenvalue weighted by atomic mass is 16.5. The van der Waals surface area contributed by atoms with Crippen LogP contribution in [-0.2, 0) is 6.54 Å². The topological polar surface area (TPSA) is 14.2 Å². The fourth-order valence-corrected chi connectivity index (χ4v) is 2.28. The normalized spacial score (nSPS) is 10.6. The molecule has 0 aliphatic rings. The van der Waals surface area contributed by atoms with E-state index in [2.05, 4.69) is 42.7 Å². The number of hydrogen-bond donors (Lipinski definition) is 0. The van der Waals surface area contributed by atoms with Crippen molar-refractivity contribution in [3.63, 3.8) is 0 Å². The van der Waals surface area contributed by atoms with Gasteiger partial charge in [-0.05, 0) is 44.5 Å². The van der Waals surface area contributed by atoms with E-state index in [4.69, 9.17) is 4.74 Å². The van der Waals surface area contributed by atoms with Crippen molar-refractivity contribution < 1.29 is 4.74 Å². The molecule has 0 bridgehead atoms. The Morgan fingerprint density at radius 2 is 1.83 bits per heavy atom. The first-order valence-electron chi connectivity index (χ1n) is 6.66. The van der Waals surface area contributed by atoms with Gasteiger partial charge >= 0.3 is 0 Å². The van der Waals surface area contributed by atoms with Crippen molar-refractivity contribution in [2.24, 2.45) is 0 Å². The van der Waals surface area contributed by atoms with Gasteiger partial charge in [0.1, 0.15) is 5.75 Å². The predicted octanol–water partition coefficient (Wildman–Crippen LogP) is 4.27. The summed E-state index contributed by atoms with van der Waals surface area (Å²) in [6, 6.07) is 12.6. The lowest BCUT2D eigenvalue weighted by molar-refractivity contribution is 0.341. The molecule has 0 N–H and O–H groups in total. The van der Waals surface area contributed by atoms with E-state index in [0.717, 1.165) is 18.7 Å². The Bertz CT molecular complexity index is 514. The van der Waals surface area contributed by atoms with E-state index in [1.165, 1.54) is 17.0 Å². The van der Waals surface area contributed by atoms with Gasteiger partial charge in [0.05, 0.1) is 12.3 Å². The third kappa shape index (κ3) is 2.42. The number of hydrogen-bond acceptors (Lipinski definition) is 1. The molecule has 0 fully saturated rings. The molecule has 0 aliphatic heterocycles. The van der Waals surface area contributed by atoms with Crippen LogP contribution < -0.4 is 4.74 Å². The summed E-state index contributed by atoms with van der Waals surface area (Å²) in [5.74, 6) is 0.968. The Morgan fingerprint density at radius 3 is 2.56 bits per heavy atom. The van der Waals surface area contributed by atoms with Crippen LogP contribution >= 0.6 is 0 Å². The van der Waals surface area contributed by atoms with Crippen LogP contribution in [0, 0.1) is 6.92 Å².